The number of aliphatic imine (C=N–C) groups is 1. The third kappa shape index (κ3) is 8.46. The number of aliphatic hydroxyl groups excluding tert-OH is 1. The number of hydrogen-bond acceptors (Lipinski definition) is 11. The van der Waals surface area contributed by atoms with Crippen LogP contribution in [0.4, 0.5) is 25.1 Å². The molecule has 0 spiro atoms. The van der Waals surface area contributed by atoms with E-state index in [9.17, 15) is 27.9 Å². The molecule has 1 amide bonds. The molecule has 3 heterocycles. The number of imidazole rings is 1. The third-order valence-corrected chi connectivity index (χ3v) is 9.03. The van der Waals surface area contributed by atoms with E-state index in [4.69, 9.17) is 18.9 Å². The minimum absolute atomic E-state index is 0.00173. The first kappa shape index (κ1) is 39.7. The number of carbonyl (C=O) groups is 1. The fourth-order valence-electron chi connectivity index (χ4n) is 6.36. The molecule has 3 atom stereocenters. The number of H-pyrrole nitrogens is 1. The molecule has 4 N–H and O–H groups in total. The number of methoxy groups -OCH3 is 2. The van der Waals surface area contributed by atoms with Crippen molar-refractivity contribution in [1.82, 2.24) is 29.7 Å². The van der Waals surface area contributed by atoms with Gasteiger partial charge in [0.1, 0.15) is 29.4 Å². The van der Waals surface area contributed by atoms with Crippen molar-refractivity contribution in [3.63, 3.8) is 0 Å². The van der Waals surface area contributed by atoms with Gasteiger partial charge < -0.3 is 39.6 Å². The summed E-state index contributed by atoms with van der Waals surface area (Å²) < 4.78 is 64.1. The predicted octanol–water partition coefficient (Wildman–Crippen LogP) is 4.11. The van der Waals surface area contributed by atoms with Gasteiger partial charge >= 0.3 is 12.1 Å². The van der Waals surface area contributed by atoms with E-state index in [1.54, 1.807) is 38.5 Å². The number of alkyl halides is 3. The second-order valence-corrected chi connectivity index (χ2v) is 13.0. The summed E-state index contributed by atoms with van der Waals surface area (Å²) in [6, 6.07) is 24.5. The molecule has 18 heteroatoms. The summed E-state index contributed by atoms with van der Waals surface area (Å²) in [7, 11) is 6.62. The first-order valence-electron chi connectivity index (χ1n) is 17.5. The van der Waals surface area contributed by atoms with Gasteiger partial charge in [-0.3, -0.25) is 19.1 Å². The number of ether oxygens (including phenoxy) is 4. The molecule has 2 aromatic heterocycles. The van der Waals surface area contributed by atoms with Crippen LogP contribution in [0.5, 0.6) is 11.5 Å². The van der Waals surface area contributed by atoms with Crippen molar-refractivity contribution in [2.75, 3.05) is 53.3 Å². The molecule has 296 valence electrons. The van der Waals surface area contributed by atoms with Crippen LogP contribution in [0, 0.1) is 0 Å². The number of benzene rings is 3. The molecule has 3 aromatic carbocycles. The van der Waals surface area contributed by atoms with Crippen molar-refractivity contribution in [3.05, 3.63) is 106 Å². The van der Waals surface area contributed by atoms with Crippen LogP contribution in [0.15, 0.2) is 88.6 Å². The van der Waals surface area contributed by atoms with Gasteiger partial charge in [-0.1, -0.05) is 54.6 Å². The van der Waals surface area contributed by atoms with Crippen molar-refractivity contribution in [2.45, 2.75) is 36.6 Å². The number of anilines is 1. The summed E-state index contributed by atoms with van der Waals surface area (Å²) in [5.74, 6) is -0.861. The Morgan fingerprint density at radius 2 is 1.59 bits per heavy atom. The molecule has 1 saturated heterocycles. The topological polar surface area (TPSA) is 177 Å². The Labute approximate surface area is 319 Å². The molecule has 1 unspecified atom stereocenters. The Kier molecular flexibility index (Phi) is 11.9. The van der Waals surface area contributed by atoms with Gasteiger partial charge in [-0.15, -0.1) is 0 Å². The normalized spacial score (nSPS) is 17.3. The molecule has 1 fully saturated rings. The Morgan fingerprint density at radius 1 is 0.982 bits per heavy atom. The largest absolute Gasteiger partial charge is 0.497 e. The maximum Gasteiger partial charge on any atom is 0.471 e. The lowest BCUT2D eigenvalue weighted by atomic mass is 9.80. The summed E-state index contributed by atoms with van der Waals surface area (Å²) in [6.07, 6.45) is -6.63. The molecule has 15 nitrogen and oxygen atoms in total. The van der Waals surface area contributed by atoms with Crippen LogP contribution < -0.4 is 25.7 Å². The highest BCUT2D eigenvalue weighted by Gasteiger charge is 2.43. The lowest BCUT2D eigenvalue weighted by Gasteiger charge is -2.37. The van der Waals surface area contributed by atoms with E-state index >= 15 is 0 Å². The number of halogens is 3. The first-order valence-corrected chi connectivity index (χ1v) is 17.5. The van der Waals surface area contributed by atoms with E-state index in [2.05, 4.69) is 25.3 Å². The van der Waals surface area contributed by atoms with Crippen LogP contribution in [-0.2, 0) is 19.9 Å². The number of fused-ring (bicyclic) bond motifs is 1. The van der Waals surface area contributed by atoms with Crippen LogP contribution >= 0.6 is 0 Å². The number of hydrogen-bond donors (Lipinski definition) is 4. The molecule has 56 heavy (non-hydrogen) atoms. The highest BCUT2D eigenvalue weighted by molar-refractivity contribution is 5.81. The minimum Gasteiger partial charge on any atom is -0.497 e. The van der Waals surface area contributed by atoms with Crippen LogP contribution in [0.25, 0.3) is 11.2 Å². The highest BCUT2D eigenvalue weighted by atomic mass is 19.4. The molecule has 1 aliphatic rings. The fraction of sp³-hybridized carbons (Fsp3) is 0.342. The van der Waals surface area contributed by atoms with Gasteiger partial charge in [-0.25, -0.2) is 9.98 Å². The number of amides is 1. The Bertz CT molecular complexity index is 2150. The number of carbonyl (C=O) groups excluding carboxylic acids is 1. The SMILES string of the molecule is COc1ccc(C(OC[C@H]2O[C@@H](n3c(NCCNC(=O)C(F)(F)F)nc4c(=O)[nH]c(/N=C/N(C)C)nc43)CC2O)(c2ccccc2)c2ccc(OC)cc2)cc1. The molecule has 0 bridgehead atoms. The minimum atomic E-state index is -5.06. The second-order valence-electron chi connectivity index (χ2n) is 13.0. The van der Waals surface area contributed by atoms with Crippen molar-refractivity contribution >= 4 is 35.3 Å². The smallest absolute Gasteiger partial charge is 0.471 e. The average molecular weight is 779 g/mol. The molecule has 1 aliphatic heterocycles. The lowest BCUT2D eigenvalue weighted by molar-refractivity contribution is -0.173. The summed E-state index contributed by atoms with van der Waals surface area (Å²) in [4.78, 5) is 41.8. The Morgan fingerprint density at radius 3 is 2.16 bits per heavy atom. The van der Waals surface area contributed by atoms with Crippen molar-refractivity contribution in [1.29, 1.82) is 0 Å². The van der Waals surface area contributed by atoms with E-state index < -0.39 is 48.2 Å². The van der Waals surface area contributed by atoms with Gasteiger partial charge in [0.05, 0.1) is 33.3 Å². The Balaban J connectivity index is 1.35. The third-order valence-electron chi connectivity index (χ3n) is 9.03. The second kappa shape index (κ2) is 16.8. The average Bonchev–Trinajstić information content (AvgIpc) is 3.75. The van der Waals surface area contributed by atoms with Crippen LogP contribution in [0.3, 0.4) is 0 Å². The van der Waals surface area contributed by atoms with Gasteiger partial charge in [0.2, 0.25) is 11.9 Å². The standard InChI is InChI=1S/C38H41F3N8O7/c1-48(2)22-44-35-46-32-31(33(51)47-35)45-36(43-19-18-42-34(52)38(39,40)41)49(32)30-20-28(50)29(56-30)21-55-37(23-8-6-5-7-9-23,24-10-14-26(53-3)15-11-24)25-12-16-27(54-4)17-13-25/h5-17,22,28-30,50H,18-21H2,1-4H3,(H,42,52)(H,43,45)(H,46,47,51)/b44-22+/t28?,29-,30-/m1/s1. The molecular weight excluding hydrogens is 737 g/mol. The van der Waals surface area contributed by atoms with Crippen LogP contribution in [0.2, 0.25) is 0 Å². The maximum atomic E-state index is 13.2. The fourth-order valence-corrected chi connectivity index (χ4v) is 6.36. The van der Waals surface area contributed by atoms with E-state index in [-0.39, 0.29) is 42.6 Å². The zero-order valence-electron chi connectivity index (χ0n) is 30.9. The quantitative estimate of drug-likeness (QED) is 0.0521. The predicted molar refractivity (Wildman–Crippen MR) is 200 cm³/mol. The summed E-state index contributed by atoms with van der Waals surface area (Å²) >= 11 is 0. The Hall–Kier alpha value is -5.98. The number of aromatic nitrogens is 4. The van der Waals surface area contributed by atoms with Crippen molar-refractivity contribution in [2.24, 2.45) is 4.99 Å². The zero-order chi connectivity index (χ0) is 40.0. The number of aliphatic hydroxyl groups is 1. The summed E-state index contributed by atoms with van der Waals surface area (Å²) in [5.41, 5.74) is 0.377. The van der Waals surface area contributed by atoms with Crippen LogP contribution in [-0.4, -0.2) is 108 Å². The van der Waals surface area contributed by atoms with Gasteiger partial charge in [0.15, 0.2) is 11.2 Å². The first-order chi connectivity index (χ1) is 26.8. The van der Waals surface area contributed by atoms with Gasteiger partial charge in [-0.05, 0) is 41.0 Å². The van der Waals surface area contributed by atoms with Gasteiger partial charge in [-0.2, -0.15) is 18.2 Å². The summed E-state index contributed by atoms with van der Waals surface area (Å²) in [5, 5.41) is 16.2. The molecule has 0 aliphatic carbocycles. The maximum absolute atomic E-state index is 13.2. The molecule has 0 saturated carbocycles. The van der Waals surface area contributed by atoms with E-state index in [0.29, 0.717) is 11.5 Å². The van der Waals surface area contributed by atoms with Crippen molar-refractivity contribution in [3.8, 4) is 11.5 Å². The number of rotatable bonds is 15. The lowest BCUT2D eigenvalue weighted by Crippen LogP contribution is -2.39. The van der Waals surface area contributed by atoms with E-state index in [1.165, 1.54) is 10.9 Å². The molecule has 5 aromatic rings. The van der Waals surface area contributed by atoms with Gasteiger partial charge in [0, 0.05) is 33.6 Å². The van der Waals surface area contributed by atoms with Crippen LogP contribution in [0.1, 0.15) is 29.3 Å². The number of nitrogens with one attached hydrogen (secondary N) is 3. The molecule has 0 radical (unpaired) electrons. The van der Waals surface area contributed by atoms with E-state index in [0.717, 1.165) is 16.7 Å². The van der Waals surface area contributed by atoms with E-state index in [1.807, 2.05) is 78.9 Å². The number of aromatic amines is 1. The molecule has 6 rings (SSSR count). The summed E-state index contributed by atoms with van der Waals surface area (Å²) in [6.45, 7) is -0.762. The monoisotopic (exact) mass is 778 g/mol. The zero-order valence-corrected chi connectivity index (χ0v) is 30.9. The van der Waals surface area contributed by atoms with Gasteiger partial charge in [0.25, 0.3) is 5.56 Å². The highest BCUT2D eigenvalue weighted by Crippen LogP contribution is 2.43. The molecular formula is C38H41F3N8O7. The van der Waals surface area contributed by atoms with Crippen molar-refractivity contribution < 1.29 is 42.0 Å². The number of nitrogens with zero attached hydrogens (tertiary/aromatic N) is 5.